The Morgan fingerprint density at radius 1 is 1.28 bits per heavy atom. The van der Waals surface area contributed by atoms with E-state index in [1.165, 1.54) is 18.2 Å². The molecule has 3 rings (SSSR count). The van der Waals surface area contributed by atoms with Crippen LogP contribution in [0.4, 0.5) is 4.39 Å². The molecule has 0 saturated heterocycles. The fourth-order valence-electron chi connectivity index (χ4n) is 2.53. The van der Waals surface area contributed by atoms with Crippen molar-refractivity contribution < 1.29 is 13.7 Å². The molecule has 2 N–H and O–H groups in total. The van der Waals surface area contributed by atoms with Crippen LogP contribution in [0.2, 0.25) is 0 Å². The third-order valence-electron chi connectivity index (χ3n) is 3.80. The average molecular weight is 341 g/mol. The number of hydrogen-bond donors (Lipinski definition) is 2. The number of amides is 1. The van der Waals surface area contributed by atoms with Gasteiger partial charge in [0.15, 0.2) is 11.5 Å². The van der Waals surface area contributed by atoms with Gasteiger partial charge < -0.3 is 14.8 Å². The summed E-state index contributed by atoms with van der Waals surface area (Å²) in [5.74, 6) is -0.814. The molecule has 2 heterocycles. The quantitative estimate of drug-likeness (QED) is 0.764. The van der Waals surface area contributed by atoms with Crippen molar-refractivity contribution in [3.05, 3.63) is 75.1 Å². The van der Waals surface area contributed by atoms with E-state index in [0.717, 1.165) is 11.3 Å². The zero-order valence-electron chi connectivity index (χ0n) is 13.7. The van der Waals surface area contributed by atoms with Crippen molar-refractivity contribution in [3.8, 4) is 11.3 Å². The molecule has 0 atom stereocenters. The first-order chi connectivity index (χ1) is 12.0. The van der Waals surface area contributed by atoms with Crippen LogP contribution in [-0.4, -0.2) is 16.0 Å². The van der Waals surface area contributed by atoms with Crippen molar-refractivity contribution in [3.63, 3.8) is 0 Å². The van der Waals surface area contributed by atoms with Gasteiger partial charge in [0.25, 0.3) is 11.5 Å². The monoisotopic (exact) mass is 341 g/mol. The van der Waals surface area contributed by atoms with Gasteiger partial charge in [0.2, 0.25) is 0 Å². The molecule has 0 aliphatic carbocycles. The zero-order chi connectivity index (χ0) is 18.0. The Labute approximate surface area is 142 Å². The predicted octanol–water partition coefficient (Wildman–Crippen LogP) is 2.72. The number of H-pyrrole nitrogens is 1. The van der Waals surface area contributed by atoms with Gasteiger partial charge >= 0.3 is 0 Å². The van der Waals surface area contributed by atoms with Gasteiger partial charge in [-0.3, -0.25) is 9.59 Å². The number of pyridine rings is 1. The molecule has 3 aromatic rings. The fourth-order valence-corrected chi connectivity index (χ4v) is 2.53. The molecule has 0 spiro atoms. The molecule has 0 aliphatic rings. The largest absolute Gasteiger partial charge is 0.355 e. The molecule has 0 aliphatic heterocycles. The smallest absolute Gasteiger partial charge is 0.273 e. The van der Waals surface area contributed by atoms with E-state index in [9.17, 15) is 14.0 Å². The Morgan fingerprint density at radius 2 is 2.04 bits per heavy atom. The van der Waals surface area contributed by atoms with Gasteiger partial charge in [-0.25, -0.2) is 4.39 Å². The second-order valence-corrected chi connectivity index (χ2v) is 5.68. The standard InChI is InChI=1S/C18H16FN3O3/c1-10-7-11(2)21-17(23)13(10)9-20-18(24)15-8-16(25-22-15)12-5-3-4-6-14(12)19/h3-8H,9H2,1-2H3,(H,20,24)(H,21,23). The summed E-state index contributed by atoms with van der Waals surface area (Å²) in [7, 11) is 0. The number of hydrogen-bond acceptors (Lipinski definition) is 4. The normalized spacial score (nSPS) is 10.7. The van der Waals surface area contributed by atoms with E-state index in [2.05, 4.69) is 15.5 Å². The highest BCUT2D eigenvalue weighted by Gasteiger charge is 2.16. The van der Waals surface area contributed by atoms with Crippen molar-refractivity contribution in [2.24, 2.45) is 0 Å². The summed E-state index contributed by atoms with van der Waals surface area (Å²) in [6, 6.07) is 9.24. The van der Waals surface area contributed by atoms with Crippen LogP contribution in [0.25, 0.3) is 11.3 Å². The molecule has 0 saturated carbocycles. The highest BCUT2D eigenvalue weighted by atomic mass is 19.1. The number of nitrogens with one attached hydrogen (secondary N) is 2. The molecule has 1 aromatic carbocycles. The maximum Gasteiger partial charge on any atom is 0.273 e. The van der Waals surface area contributed by atoms with E-state index in [1.807, 2.05) is 6.07 Å². The first kappa shape index (κ1) is 16.6. The number of aryl methyl sites for hydroxylation is 2. The second kappa shape index (κ2) is 6.72. The van der Waals surface area contributed by atoms with E-state index in [0.29, 0.717) is 5.56 Å². The Kier molecular flexibility index (Phi) is 4.47. The lowest BCUT2D eigenvalue weighted by molar-refractivity contribution is 0.0942. The summed E-state index contributed by atoms with van der Waals surface area (Å²) in [6.45, 7) is 3.65. The Morgan fingerprint density at radius 3 is 2.76 bits per heavy atom. The zero-order valence-corrected chi connectivity index (χ0v) is 13.7. The highest BCUT2D eigenvalue weighted by Crippen LogP contribution is 2.23. The Hall–Kier alpha value is -3.22. The van der Waals surface area contributed by atoms with Crippen molar-refractivity contribution >= 4 is 5.91 Å². The lowest BCUT2D eigenvalue weighted by Gasteiger charge is -2.06. The molecular weight excluding hydrogens is 325 g/mol. The summed E-state index contributed by atoms with van der Waals surface area (Å²) in [4.78, 5) is 26.8. The predicted molar refractivity (Wildman–Crippen MR) is 89.6 cm³/mol. The lowest BCUT2D eigenvalue weighted by Crippen LogP contribution is -2.28. The molecule has 0 radical (unpaired) electrons. The van der Waals surface area contributed by atoms with Crippen LogP contribution in [0.5, 0.6) is 0 Å². The van der Waals surface area contributed by atoms with Crippen LogP contribution in [0.15, 0.2) is 45.7 Å². The van der Waals surface area contributed by atoms with Crippen LogP contribution in [0.1, 0.15) is 27.3 Å². The van der Waals surface area contributed by atoms with Gasteiger partial charge in [0, 0.05) is 23.9 Å². The molecule has 1 amide bonds. The first-order valence-corrected chi connectivity index (χ1v) is 7.65. The fraction of sp³-hybridized carbons (Fsp3) is 0.167. The SMILES string of the molecule is Cc1cc(C)c(CNC(=O)c2cc(-c3ccccc3F)on2)c(=O)[nH]1. The number of aromatic amines is 1. The number of carbonyl (C=O) groups excluding carboxylic acids is 1. The number of nitrogens with zero attached hydrogens (tertiary/aromatic N) is 1. The number of benzene rings is 1. The molecule has 0 fully saturated rings. The van der Waals surface area contributed by atoms with Crippen LogP contribution < -0.4 is 10.9 Å². The van der Waals surface area contributed by atoms with E-state index in [-0.39, 0.29) is 29.1 Å². The number of aromatic nitrogens is 2. The molecule has 2 aromatic heterocycles. The molecule has 0 unspecified atom stereocenters. The van der Waals surface area contributed by atoms with Gasteiger partial charge in [0.05, 0.1) is 5.56 Å². The van der Waals surface area contributed by atoms with Gasteiger partial charge in [-0.15, -0.1) is 0 Å². The van der Waals surface area contributed by atoms with Gasteiger partial charge in [-0.1, -0.05) is 17.3 Å². The molecular formula is C18H16FN3O3. The minimum atomic E-state index is -0.509. The average Bonchev–Trinajstić information content (AvgIpc) is 3.04. The summed E-state index contributed by atoms with van der Waals surface area (Å²) >= 11 is 0. The summed E-state index contributed by atoms with van der Waals surface area (Å²) < 4.78 is 18.8. The van der Waals surface area contributed by atoms with Crippen molar-refractivity contribution in [2.75, 3.05) is 0 Å². The molecule has 6 nitrogen and oxygen atoms in total. The van der Waals surface area contributed by atoms with Crippen molar-refractivity contribution in [2.45, 2.75) is 20.4 Å². The number of rotatable bonds is 4. The maximum atomic E-state index is 13.7. The minimum absolute atomic E-state index is 0.0134. The second-order valence-electron chi connectivity index (χ2n) is 5.68. The third-order valence-corrected chi connectivity index (χ3v) is 3.80. The van der Waals surface area contributed by atoms with E-state index < -0.39 is 11.7 Å². The summed E-state index contributed by atoms with van der Waals surface area (Å²) in [6.07, 6.45) is 0. The van der Waals surface area contributed by atoms with Crippen molar-refractivity contribution in [1.82, 2.24) is 15.5 Å². The number of halogens is 1. The van der Waals surface area contributed by atoms with E-state index in [4.69, 9.17) is 4.52 Å². The van der Waals surface area contributed by atoms with E-state index in [1.54, 1.807) is 26.0 Å². The lowest BCUT2D eigenvalue weighted by atomic mass is 10.1. The highest BCUT2D eigenvalue weighted by molar-refractivity contribution is 5.93. The molecule has 7 heteroatoms. The van der Waals surface area contributed by atoms with Crippen LogP contribution in [0, 0.1) is 19.7 Å². The molecule has 0 bridgehead atoms. The van der Waals surface area contributed by atoms with Crippen LogP contribution in [-0.2, 0) is 6.54 Å². The number of carbonyl (C=O) groups is 1. The van der Waals surface area contributed by atoms with Crippen LogP contribution >= 0.6 is 0 Å². The summed E-state index contributed by atoms with van der Waals surface area (Å²) in [5.41, 5.74) is 2.00. The van der Waals surface area contributed by atoms with Gasteiger partial charge in [0.1, 0.15) is 5.82 Å². The van der Waals surface area contributed by atoms with Gasteiger partial charge in [-0.05, 0) is 37.6 Å². The third kappa shape index (κ3) is 3.50. The first-order valence-electron chi connectivity index (χ1n) is 7.65. The van der Waals surface area contributed by atoms with E-state index >= 15 is 0 Å². The topological polar surface area (TPSA) is 88.0 Å². The summed E-state index contributed by atoms with van der Waals surface area (Å²) in [5, 5.41) is 6.29. The maximum absolute atomic E-state index is 13.7. The Balaban J connectivity index is 1.75. The van der Waals surface area contributed by atoms with Crippen molar-refractivity contribution in [1.29, 1.82) is 0 Å². The minimum Gasteiger partial charge on any atom is -0.355 e. The van der Waals surface area contributed by atoms with Gasteiger partial charge in [-0.2, -0.15) is 0 Å². The Bertz CT molecular complexity index is 991. The molecule has 25 heavy (non-hydrogen) atoms. The molecule has 128 valence electrons. The van der Waals surface area contributed by atoms with Crippen LogP contribution in [0.3, 0.4) is 0 Å².